The molecule has 2 rings (SSSR count). The third-order valence-electron chi connectivity index (χ3n) is 4.42. The van der Waals surface area contributed by atoms with Crippen molar-refractivity contribution in [3.05, 3.63) is 35.6 Å². The number of alkyl halides is 2. The molecule has 1 aliphatic rings. The fourth-order valence-corrected chi connectivity index (χ4v) is 3.28. The van der Waals surface area contributed by atoms with Crippen LogP contribution in [0.2, 0.25) is 0 Å². The minimum absolute atomic E-state index is 0.0639. The highest BCUT2D eigenvalue weighted by atomic mass is 19.3. The highest BCUT2D eigenvalue weighted by Gasteiger charge is 2.46. The molecule has 1 aliphatic heterocycles. The van der Waals surface area contributed by atoms with E-state index in [0.29, 0.717) is 18.0 Å². The van der Waals surface area contributed by atoms with Gasteiger partial charge in [-0.05, 0) is 43.4 Å². The Morgan fingerprint density at radius 3 is 2.45 bits per heavy atom. The maximum absolute atomic E-state index is 14.7. The summed E-state index contributed by atoms with van der Waals surface area (Å²) in [6.07, 6.45) is 1.94. The average Bonchev–Trinajstić information content (AvgIpc) is 2.45. The van der Waals surface area contributed by atoms with Crippen LogP contribution in [0.1, 0.15) is 38.3 Å². The fraction of sp³-hybridized carbons (Fsp3) is 0.647. The summed E-state index contributed by atoms with van der Waals surface area (Å²) < 4.78 is 47.3. The first-order valence-corrected chi connectivity index (χ1v) is 7.73. The molecular weight excluding hydrogens is 291 g/mol. The Hall–Kier alpha value is -1.07. The number of rotatable bonds is 5. The predicted octanol–water partition coefficient (Wildman–Crippen LogP) is 4.27. The zero-order valence-electron chi connectivity index (χ0n) is 13.4. The molecule has 0 amide bonds. The van der Waals surface area contributed by atoms with Gasteiger partial charge in [0.2, 0.25) is 0 Å². The van der Waals surface area contributed by atoms with Crippen molar-refractivity contribution < 1.29 is 17.9 Å². The van der Waals surface area contributed by atoms with Crippen LogP contribution < -0.4 is 0 Å². The second-order valence-corrected chi connectivity index (χ2v) is 6.38. The number of nitrogens with zero attached hydrogens (tertiary/aromatic N) is 1. The van der Waals surface area contributed by atoms with Crippen LogP contribution in [0, 0.1) is 11.7 Å². The Morgan fingerprint density at radius 1 is 1.23 bits per heavy atom. The van der Waals surface area contributed by atoms with Crippen LogP contribution in [0.5, 0.6) is 0 Å². The van der Waals surface area contributed by atoms with Crippen molar-refractivity contribution in [1.82, 2.24) is 4.90 Å². The van der Waals surface area contributed by atoms with E-state index in [0.717, 1.165) is 12.8 Å². The summed E-state index contributed by atoms with van der Waals surface area (Å²) in [7, 11) is 1.28. The van der Waals surface area contributed by atoms with Gasteiger partial charge in [-0.3, -0.25) is 4.90 Å². The van der Waals surface area contributed by atoms with Crippen LogP contribution >= 0.6 is 0 Å². The van der Waals surface area contributed by atoms with E-state index in [1.54, 1.807) is 0 Å². The molecule has 1 unspecified atom stereocenters. The fourth-order valence-electron chi connectivity index (χ4n) is 3.28. The van der Waals surface area contributed by atoms with Crippen LogP contribution in [0.4, 0.5) is 13.2 Å². The van der Waals surface area contributed by atoms with E-state index in [-0.39, 0.29) is 6.04 Å². The predicted molar refractivity (Wildman–Crippen MR) is 80.5 cm³/mol. The van der Waals surface area contributed by atoms with Gasteiger partial charge in [0.25, 0.3) is 5.92 Å². The first kappa shape index (κ1) is 17.3. The molecular formula is C17H24F3NO. The molecule has 0 spiro atoms. The van der Waals surface area contributed by atoms with Gasteiger partial charge in [-0.1, -0.05) is 19.1 Å². The largest absolute Gasteiger partial charge is 0.378 e. The highest BCUT2D eigenvalue weighted by molar-refractivity contribution is 5.23. The molecule has 0 saturated carbocycles. The van der Waals surface area contributed by atoms with Crippen molar-refractivity contribution in [3.63, 3.8) is 0 Å². The number of hydrogen-bond acceptors (Lipinski definition) is 2. The van der Waals surface area contributed by atoms with Gasteiger partial charge in [-0.25, -0.2) is 13.2 Å². The summed E-state index contributed by atoms with van der Waals surface area (Å²) in [5, 5.41) is 0. The van der Waals surface area contributed by atoms with Gasteiger partial charge in [-0.2, -0.15) is 0 Å². The summed E-state index contributed by atoms with van der Waals surface area (Å²) in [5.41, 5.74) is 0.435. The first-order chi connectivity index (χ1) is 10.3. The van der Waals surface area contributed by atoms with E-state index in [2.05, 4.69) is 6.92 Å². The van der Waals surface area contributed by atoms with Crippen LogP contribution in [0.25, 0.3) is 0 Å². The van der Waals surface area contributed by atoms with E-state index in [1.165, 1.54) is 31.4 Å². The molecule has 1 aromatic carbocycles. The lowest BCUT2D eigenvalue weighted by Crippen LogP contribution is -2.50. The second-order valence-electron chi connectivity index (χ2n) is 6.38. The second kappa shape index (κ2) is 7.01. The van der Waals surface area contributed by atoms with E-state index in [9.17, 15) is 13.2 Å². The smallest absolute Gasteiger partial charge is 0.290 e. The van der Waals surface area contributed by atoms with Crippen molar-refractivity contribution in [2.75, 3.05) is 20.3 Å². The molecule has 1 saturated heterocycles. The van der Waals surface area contributed by atoms with Gasteiger partial charge in [0.05, 0.1) is 0 Å². The van der Waals surface area contributed by atoms with Crippen molar-refractivity contribution in [2.45, 2.75) is 44.7 Å². The maximum Gasteiger partial charge on any atom is 0.290 e. The molecule has 1 fully saturated rings. The molecule has 0 N–H and O–H groups in total. The third kappa shape index (κ3) is 3.82. The third-order valence-corrected chi connectivity index (χ3v) is 4.42. The molecule has 1 heterocycles. The number of methoxy groups -OCH3 is 1. The number of ether oxygens (including phenoxy) is 1. The van der Waals surface area contributed by atoms with Gasteiger partial charge >= 0.3 is 0 Å². The van der Waals surface area contributed by atoms with Gasteiger partial charge in [-0.15, -0.1) is 0 Å². The van der Waals surface area contributed by atoms with Gasteiger partial charge in [0, 0.05) is 19.7 Å². The SMILES string of the molecule is COCC(F)(F)C(c1ccc(F)cc1)N1C[C@H](C)CC[C@H]1C. The molecule has 0 aromatic heterocycles. The molecule has 3 atom stereocenters. The summed E-state index contributed by atoms with van der Waals surface area (Å²) in [4.78, 5) is 1.85. The van der Waals surface area contributed by atoms with E-state index in [4.69, 9.17) is 4.74 Å². The van der Waals surface area contributed by atoms with E-state index < -0.39 is 24.4 Å². The van der Waals surface area contributed by atoms with Crippen LogP contribution in [-0.4, -0.2) is 37.1 Å². The minimum atomic E-state index is -3.03. The summed E-state index contributed by atoms with van der Waals surface area (Å²) in [5.74, 6) is -3.08. The van der Waals surface area contributed by atoms with Crippen molar-refractivity contribution in [3.8, 4) is 0 Å². The molecule has 0 aliphatic carbocycles. The molecule has 22 heavy (non-hydrogen) atoms. The number of halogens is 3. The van der Waals surface area contributed by atoms with Crippen LogP contribution in [0.15, 0.2) is 24.3 Å². The zero-order chi connectivity index (χ0) is 16.3. The molecule has 0 radical (unpaired) electrons. The first-order valence-electron chi connectivity index (χ1n) is 7.73. The molecule has 2 nitrogen and oxygen atoms in total. The Balaban J connectivity index is 2.38. The Kier molecular flexibility index (Phi) is 5.50. The quantitative estimate of drug-likeness (QED) is 0.804. The van der Waals surface area contributed by atoms with E-state index >= 15 is 0 Å². The molecule has 124 valence electrons. The number of piperidine rings is 1. The maximum atomic E-state index is 14.7. The highest BCUT2D eigenvalue weighted by Crippen LogP contribution is 2.41. The molecule has 0 bridgehead atoms. The van der Waals surface area contributed by atoms with Crippen LogP contribution in [-0.2, 0) is 4.74 Å². The van der Waals surface area contributed by atoms with E-state index in [1.807, 2.05) is 11.8 Å². The zero-order valence-corrected chi connectivity index (χ0v) is 13.4. The monoisotopic (exact) mass is 315 g/mol. The lowest BCUT2D eigenvalue weighted by atomic mass is 9.89. The number of likely N-dealkylation sites (tertiary alicyclic amines) is 1. The lowest BCUT2D eigenvalue weighted by molar-refractivity contribution is -0.139. The van der Waals surface area contributed by atoms with Crippen molar-refractivity contribution >= 4 is 0 Å². The number of hydrogen-bond donors (Lipinski definition) is 0. The molecule has 5 heteroatoms. The number of benzene rings is 1. The average molecular weight is 315 g/mol. The summed E-state index contributed by atoms with van der Waals surface area (Å²) in [6.45, 7) is 4.02. The van der Waals surface area contributed by atoms with Crippen molar-refractivity contribution in [2.24, 2.45) is 5.92 Å². The topological polar surface area (TPSA) is 12.5 Å². The lowest BCUT2D eigenvalue weighted by Gasteiger charge is -2.44. The summed E-state index contributed by atoms with van der Waals surface area (Å²) >= 11 is 0. The molecule has 1 aromatic rings. The Labute approximate surface area is 130 Å². The summed E-state index contributed by atoms with van der Waals surface area (Å²) in [6, 6.07) is 4.36. The normalized spacial score (nSPS) is 25.2. The minimum Gasteiger partial charge on any atom is -0.378 e. The Morgan fingerprint density at radius 2 is 1.86 bits per heavy atom. The van der Waals surface area contributed by atoms with Gasteiger partial charge in [0.1, 0.15) is 18.5 Å². The van der Waals surface area contributed by atoms with Crippen molar-refractivity contribution in [1.29, 1.82) is 0 Å². The standard InChI is InChI=1S/C17H24F3NO/c1-12-4-5-13(2)21(10-12)16(17(19,20)11-22-3)14-6-8-15(18)9-7-14/h6-9,12-13,16H,4-5,10-11H2,1-3H3/t12-,13-,16?/m1/s1. The van der Waals surface area contributed by atoms with Gasteiger partial charge < -0.3 is 4.74 Å². The Bertz CT molecular complexity index is 477. The van der Waals surface area contributed by atoms with Crippen LogP contribution in [0.3, 0.4) is 0 Å². The van der Waals surface area contributed by atoms with Gasteiger partial charge in [0.15, 0.2) is 0 Å².